The van der Waals surface area contributed by atoms with Gasteiger partial charge in [-0.2, -0.15) is 0 Å². The molecule has 78 valence electrons. The van der Waals surface area contributed by atoms with Crippen LogP contribution in [0.3, 0.4) is 0 Å². The molecule has 0 spiro atoms. The van der Waals surface area contributed by atoms with Crippen molar-refractivity contribution < 1.29 is 0 Å². The van der Waals surface area contributed by atoms with Gasteiger partial charge < -0.3 is 5.32 Å². The third-order valence-corrected chi connectivity index (χ3v) is 3.88. The Balaban J connectivity index is 1.82. The molecule has 0 amide bonds. The third kappa shape index (κ3) is 2.23. The van der Waals surface area contributed by atoms with Crippen molar-refractivity contribution in [1.82, 2.24) is 10.2 Å². The first-order chi connectivity index (χ1) is 6.75. The Bertz CT molecular complexity index is 297. The second kappa shape index (κ2) is 4.26. The largest absolute Gasteiger partial charge is 0.360 e. The number of hydrogen-bond acceptors (Lipinski definition) is 4. The van der Waals surface area contributed by atoms with Crippen molar-refractivity contribution in [2.75, 3.05) is 11.9 Å². The van der Waals surface area contributed by atoms with E-state index >= 15 is 0 Å². The van der Waals surface area contributed by atoms with Crippen LogP contribution >= 0.6 is 11.3 Å². The maximum absolute atomic E-state index is 4.06. The first kappa shape index (κ1) is 9.90. The molecular formula is C10H17N3S. The van der Waals surface area contributed by atoms with Crippen LogP contribution in [-0.4, -0.2) is 16.7 Å². The number of aryl methyl sites for hydroxylation is 1. The fraction of sp³-hybridized carbons (Fsp3) is 0.800. The summed E-state index contributed by atoms with van der Waals surface area (Å²) >= 11 is 1.64. The summed E-state index contributed by atoms with van der Waals surface area (Å²) in [6.45, 7) is 5.40. The summed E-state index contributed by atoms with van der Waals surface area (Å²) in [5, 5.41) is 13.4. The molecule has 4 heteroatoms. The van der Waals surface area contributed by atoms with Crippen LogP contribution in [0.4, 0.5) is 5.13 Å². The van der Waals surface area contributed by atoms with Crippen LogP contribution in [0.15, 0.2) is 0 Å². The van der Waals surface area contributed by atoms with Crippen molar-refractivity contribution in [2.24, 2.45) is 11.8 Å². The fourth-order valence-electron chi connectivity index (χ4n) is 2.11. The van der Waals surface area contributed by atoms with Crippen molar-refractivity contribution in [3.63, 3.8) is 0 Å². The summed E-state index contributed by atoms with van der Waals surface area (Å²) in [5.41, 5.74) is 0. The molecule has 0 saturated heterocycles. The van der Waals surface area contributed by atoms with Crippen molar-refractivity contribution in [3.8, 4) is 0 Å². The Morgan fingerprint density at radius 1 is 1.43 bits per heavy atom. The Morgan fingerprint density at radius 2 is 2.29 bits per heavy atom. The molecule has 0 radical (unpaired) electrons. The average molecular weight is 211 g/mol. The quantitative estimate of drug-likeness (QED) is 0.835. The lowest BCUT2D eigenvalue weighted by atomic mass is 9.98. The highest BCUT2D eigenvalue weighted by atomic mass is 32.1. The Labute approximate surface area is 88.9 Å². The summed E-state index contributed by atoms with van der Waals surface area (Å²) < 4.78 is 0. The van der Waals surface area contributed by atoms with Gasteiger partial charge in [0.25, 0.3) is 0 Å². The van der Waals surface area contributed by atoms with Crippen molar-refractivity contribution in [1.29, 1.82) is 0 Å². The van der Waals surface area contributed by atoms with Gasteiger partial charge in [0.05, 0.1) is 0 Å². The number of nitrogens with one attached hydrogen (secondary N) is 1. The first-order valence-electron chi connectivity index (χ1n) is 5.29. The van der Waals surface area contributed by atoms with Gasteiger partial charge in [-0.15, -0.1) is 10.2 Å². The Kier molecular flexibility index (Phi) is 3.01. The predicted octanol–water partition coefficient (Wildman–Crippen LogP) is 2.69. The van der Waals surface area contributed by atoms with Crippen LogP contribution < -0.4 is 5.32 Å². The zero-order valence-electron chi connectivity index (χ0n) is 8.79. The minimum absolute atomic E-state index is 0.833. The van der Waals surface area contributed by atoms with Gasteiger partial charge in [0.15, 0.2) is 0 Å². The number of nitrogens with zero attached hydrogens (tertiary/aromatic N) is 2. The van der Waals surface area contributed by atoms with Gasteiger partial charge in [0, 0.05) is 6.54 Å². The fourth-order valence-corrected chi connectivity index (χ4v) is 2.71. The van der Waals surface area contributed by atoms with Gasteiger partial charge in [0.2, 0.25) is 5.13 Å². The lowest BCUT2D eigenvalue weighted by Crippen LogP contribution is -2.16. The molecule has 3 nitrogen and oxygen atoms in total. The molecule has 2 rings (SSSR count). The maximum atomic E-state index is 4.06. The van der Waals surface area contributed by atoms with E-state index < -0.39 is 0 Å². The van der Waals surface area contributed by atoms with Crippen LogP contribution in [0.1, 0.15) is 31.2 Å². The molecule has 1 N–H and O–H groups in total. The summed E-state index contributed by atoms with van der Waals surface area (Å²) in [6.07, 6.45) is 4.15. The molecule has 1 saturated carbocycles. The first-order valence-corrected chi connectivity index (χ1v) is 6.11. The summed E-state index contributed by atoms with van der Waals surface area (Å²) in [7, 11) is 0. The monoisotopic (exact) mass is 211 g/mol. The van der Waals surface area contributed by atoms with E-state index in [9.17, 15) is 0 Å². The molecule has 1 heterocycles. The normalized spacial score (nSPS) is 26.7. The van der Waals surface area contributed by atoms with Gasteiger partial charge in [-0.25, -0.2) is 0 Å². The van der Waals surface area contributed by atoms with Gasteiger partial charge in [-0.1, -0.05) is 31.1 Å². The van der Waals surface area contributed by atoms with E-state index in [1.807, 2.05) is 6.92 Å². The van der Waals surface area contributed by atoms with E-state index in [1.54, 1.807) is 11.3 Å². The number of anilines is 1. The molecule has 14 heavy (non-hydrogen) atoms. The van der Waals surface area contributed by atoms with Gasteiger partial charge in [-0.3, -0.25) is 0 Å². The molecule has 2 unspecified atom stereocenters. The summed E-state index contributed by atoms with van der Waals surface area (Å²) in [5.74, 6) is 1.70. The molecule has 2 atom stereocenters. The smallest absolute Gasteiger partial charge is 0.205 e. The average Bonchev–Trinajstić information content (AvgIpc) is 2.72. The van der Waals surface area contributed by atoms with Gasteiger partial charge >= 0.3 is 0 Å². The topological polar surface area (TPSA) is 37.8 Å². The minimum Gasteiger partial charge on any atom is -0.360 e. The molecule has 1 aromatic rings. The molecular weight excluding hydrogens is 194 g/mol. The highest BCUT2D eigenvalue weighted by molar-refractivity contribution is 7.15. The Hall–Kier alpha value is -0.640. The van der Waals surface area contributed by atoms with E-state index in [2.05, 4.69) is 22.4 Å². The van der Waals surface area contributed by atoms with Crippen molar-refractivity contribution in [3.05, 3.63) is 5.01 Å². The summed E-state index contributed by atoms with van der Waals surface area (Å²) in [4.78, 5) is 0. The van der Waals surface area contributed by atoms with Crippen LogP contribution in [0.25, 0.3) is 0 Å². The van der Waals surface area contributed by atoms with E-state index in [0.29, 0.717) is 0 Å². The van der Waals surface area contributed by atoms with Crippen molar-refractivity contribution in [2.45, 2.75) is 33.1 Å². The number of aromatic nitrogens is 2. The third-order valence-electron chi connectivity index (χ3n) is 3.08. The van der Waals surface area contributed by atoms with E-state index in [-0.39, 0.29) is 0 Å². The van der Waals surface area contributed by atoms with Crippen LogP contribution in [0.5, 0.6) is 0 Å². The highest BCUT2D eigenvalue weighted by Gasteiger charge is 2.22. The SMILES string of the molecule is Cc1nnc(NCC2CCCC2C)s1. The molecule has 0 aliphatic heterocycles. The van der Waals surface area contributed by atoms with E-state index in [0.717, 1.165) is 28.5 Å². The second-order valence-electron chi connectivity index (χ2n) is 4.18. The molecule has 0 aromatic carbocycles. The summed E-state index contributed by atoms with van der Waals surface area (Å²) in [6, 6.07) is 0. The minimum atomic E-state index is 0.833. The standard InChI is InChI=1S/C10H17N3S/c1-7-4-3-5-9(7)6-11-10-13-12-8(2)14-10/h7,9H,3-6H2,1-2H3,(H,11,13). The zero-order chi connectivity index (χ0) is 9.97. The molecule has 0 bridgehead atoms. The predicted molar refractivity (Wildman–Crippen MR) is 59.6 cm³/mol. The lowest BCUT2D eigenvalue weighted by Gasteiger charge is -2.14. The van der Waals surface area contributed by atoms with Crippen LogP contribution in [-0.2, 0) is 0 Å². The number of hydrogen-bond donors (Lipinski definition) is 1. The molecule has 1 fully saturated rings. The molecule has 1 aliphatic rings. The maximum Gasteiger partial charge on any atom is 0.205 e. The Morgan fingerprint density at radius 3 is 2.86 bits per heavy atom. The van der Waals surface area contributed by atoms with E-state index in [1.165, 1.54) is 19.3 Å². The zero-order valence-corrected chi connectivity index (χ0v) is 9.60. The van der Waals surface area contributed by atoms with Crippen LogP contribution in [0.2, 0.25) is 0 Å². The lowest BCUT2D eigenvalue weighted by molar-refractivity contribution is 0.439. The molecule has 1 aliphatic carbocycles. The van der Waals surface area contributed by atoms with E-state index in [4.69, 9.17) is 0 Å². The molecule has 1 aromatic heterocycles. The van der Waals surface area contributed by atoms with Gasteiger partial charge in [-0.05, 0) is 25.2 Å². The number of rotatable bonds is 3. The van der Waals surface area contributed by atoms with Crippen LogP contribution in [0, 0.1) is 18.8 Å². The van der Waals surface area contributed by atoms with Crippen molar-refractivity contribution >= 4 is 16.5 Å². The highest BCUT2D eigenvalue weighted by Crippen LogP contribution is 2.31. The second-order valence-corrected chi connectivity index (χ2v) is 5.36. The van der Waals surface area contributed by atoms with Gasteiger partial charge in [0.1, 0.15) is 5.01 Å².